The number of aromatic nitrogens is 1. The van der Waals surface area contributed by atoms with Crippen LogP contribution in [0.25, 0.3) is 22.0 Å². The van der Waals surface area contributed by atoms with Crippen LogP contribution in [0, 0.1) is 17.8 Å². The van der Waals surface area contributed by atoms with Gasteiger partial charge in [0.2, 0.25) is 33.3 Å². The van der Waals surface area contributed by atoms with Crippen LogP contribution < -0.4 is 29.7 Å². The molecule has 5 aliphatic rings. The van der Waals surface area contributed by atoms with Gasteiger partial charge < -0.3 is 39.4 Å². The lowest BCUT2D eigenvalue weighted by Crippen LogP contribution is -2.59. The highest BCUT2D eigenvalue weighted by molar-refractivity contribution is 7.91. The molecule has 0 bridgehead atoms. The number of anilines is 1. The maximum atomic E-state index is 15.1. The quantitative estimate of drug-likeness (QED) is 0.189. The molecule has 69 heavy (non-hydrogen) atoms. The van der Waals surface area contributed by atoms with Crippen molar-refractivity contribution in [3.8, 4) is 22.9 Å². The number of amides is 4. The molecule has 4 heterocycles. The van der Waals surface area contributed by atoms with Gasteiger partial charge in [0.1, 0.15) is 29.5 Å². The Balaban J connectivity index is 1.15. The molecule has 16 nitrogen and oxygen atoms in total. The summed E-state index contributed by atoms with van der Waals surface area (Å²) in [5.74, 6) is -3.02. The zero-order valence-electron chi connectivity index (χ0n) is 39.7. The highest BCUT2D eigenvalue weighted by Gasteiger charge is 2.63. The summed E-state index contributed by atoms with van der Waals surface area (Å²) in [6.07, 6.45) is -1.52. The minimum atomic E-state index is -4.93. The Hall–Kier alpha value is -5.63. The van der Waals surface area contributed by atoms with Gasteiger partial charge in [-0.2, -0.15) is 13.2 Å². The third-order valence-electron chi connectivity index (χ3n) is 14.4. The van der Waals surface area contributed by atoms with Crippen LogP contribution in [0.4, 0.5) is 23.7 Å². The molecule has 2 saturated heterocycles. The molecule has 3 aliphatic heterocycles. The SMILES string of the molecule is COc1ccc2c(O[C@@H]3C[C@H]4C(=O)N[C@]5(C(=O)NS(=O)(=O)C6(C)CC6)C[C@H]5/C=C\CC[C@H](C)C[C@@H](C)[C@H](NC(=O)OC(C)(C)C(F)(F)F)C(=O)N4C3)nc(-c3ccc(N4CCOCC4)cc3)cc2c1. The van der Waals surface area contributed by atoms with Crippen molar-refractivity contribution in [2.24, 2.45) is 17.8 Å². The van der Waals surface area contributed by atoms with Crippen LogP contribution in [0.5, 0.6) is 11.6 Å². The number of carbonyl (C=O) groups excluding carboxylic acids is 4. The molecule has 8 rings (SSSR count). The third-order valence-corrected chi connectivity index (χ3v) is 16.5. The number of carbonyl (C=O) groups is 4. The van der Waals surface area contributed by atoms with Crippen LogP contribution in [0.3, 0.4) is 0 Å². The van der Waals surface area contributed by atoms with E-state index < -0.39 is 85.9 Å². The number of pyridine rings is 1. The van der Waals surface area contributed by atoms with E-state index in [1.165, 1.54) is 4.90 Å². The minimum Gasteiger partial charge on any atom is -0.497 e. The molecule has 374 valence electrons. The monoisotopic (exact) mass is 982 g/mol. The van der Waals surface area contributed by atoms with Gasteiger partial charge in [-0.25, -0.2) is 18.2 Å². The number of allylic oxidation sites excluding steroid dienone is 1. The number of hydrogen-bond donors (Lipinski definition) is 3. The number of morpholine rings is 1. The van der Waals surface area contributed by atoms with Gasteiger partial charge in [-0.1, -0.05) is 38.1 Å². The van der Waals surface area contributed by atoms with Crippen molar-refractivity contribution in [3.63, 3.8) is 0 Å². The van der Waals surface area contributed by atoms with Crippen molar-refractivity contribution in [1.29, 1.82) is 0 Å². The fourth-order valence-electron chi connectivity index (χ4n) is 9.43. The number of alkyl halides is 3. The number of alkyl carbamates (subject to hydrolysis) is 1. The fraction of sp³-hybridized carbons (Fsp3) is 0.571. The number of nitrogens with one attached hydrogen (secondary N) is 3. The van der Waals surface area contributed by atoms with E-state index in [9.17, 15) is 36.0 Å². The van der Waals surface area contributed by atoms with Crippen LogP contribution >= 0.6 is 0 Å². The Labute approximate surface area is 400 Å². The Morgan fingerprint density at radius 2 is 1.71 bits per heavy atom. The van der Waals surface area contributed by atoms with E-state index in [1.54, 1.807) is 39.2 Å². The fourth-order valence-corrected chi connectivity index (χ4v) is 10.7. The van der Waals surface area contributed by atoms with Crippen molar-refractivity contribution in [1.82, 2.24) is 25.2 Å². The van der Waals surface area contributed by atoms with Crippen LogP contribution in [-0.4, -0.2) is 122 Å². The van der Waals surface area contributed by atoms with Crippen LogP contribution in [0.15, 0.2) is 60.7 Å². The molecule has 2 aliphatic carbocycles. The maximum absolute atomic E-state index is 15.1. The predicted molar refractivity (Wildman–Crippen MR) is 250 cm³/mol. The molecule has 20 heteroatoms. The Morgan fingerprint density at radius 3 is 2.38 bits per heavy atom. The summed E-state index contributed by atoms with van der Waals surface area (Å²) in [6.45, 7) is 9.11. The number of ether oxygens (including phenoxy) is 4. The van der Waals surface area contributed by atoms with E-state index in [4.69, 9.17) is 23.9 Å². The van der Waals surface area contributed by atoms with Crippen LogP contribution in [0.1, 0.15) is 79.6 Å². The molecule has 0 radical (unpaired) electrons. The second-order valence-electron chi connectivity index (χ2n) is 20.0. The Bertz CT molecular complexity index is 2600. The predicted octanol–water partition coefficient (Wildman–Crippen LogP) is 6.42. The topological polar surface area (TPSA) is 195 Å². The second kappa shape index (κ2) is 18.9. The molecule has 4 fully saturated rings. The summed E-state index contributed by atoms with van der Waals surface area (Å²) in [7, 11) is -2.56. The first-order chi connectivity index (χ1) is 32.5. The number of fused-ring (bicyclic) bond motifs is 3. The highest BCUT2D eigenvalue weighted by Crippen LogP contribution is 2.48. The van der Waals surface area contributed by atoms with Gasteiger partial charge in [-0.15, -0.1) is 0 Å². The van der Waals surface area contributed by atoms with Gasteiger partial charge >= 0.3 is 12.3 Å². The molecule has 0 spiro atoms. The van der Waals surface area contributed by atoms with Crippen molar-refractivity contribution in [2.75, 3.05) is 44.9 Å². The van der Waals surface area contributed by atoms with Gasteiger partial charge in [0.25, 0.3) is 5.91 Å². The molecule has 1 aromatic heterocycles. The maximum Gasteiger partial charge on any atom is 0.427 e. The molecular weight excluding hydrogens is 922 g/mol. The zero-order chi connectivity index (χ0) is 49.7. The molecular formula is C49H61F3N6O10S. The summed E-state index contributed by atoms with van der Waals surface area (Å²) in [5, 5.41) is 6.57. The van der Waals surface area contributed by atoms with Crippen LogP contribution in [-0.2, 0) is 33.9 Å². The first-order valence-electron chi connectivity index (χ1n) is 23.5. The van der Waals surface area contributed by atoms with Crippen molar-refractivity contribution >= 4 is 50.3 Å². The third kappa shape index (κ3) is 10.5. The molecule has 0 unspecified atom stereocenters. The van der Waals surface area contributed by atoms with Gasteiger partial charge in [0.15, 0.2) is 0 Å². The number of methoxy groups -OCH3 is 1. The van der Waals surface area contributed by atoms with E-state index in [1.807, 2.05) is 49.4 Å². The van der Waals surface area contributed by atoms with E-state index >= 15 is 4.79 Å². The standard InChI is InChI=1S/C49H61F3N6O10S/c1-29-9-7-8-10-33-27-48(33,44(61)56-69(63,64)47(5)17-18-47)55-41(59)39-26-36(28-58(39)43(60)40(30(2)23-29)54-45(62)68-46(3,4)49(50,51)52)67-42-37-16-15-35(65-6)24-32(37)25-38(53-42)31-11-13-34(14-12-31)57-19-21-66-22-20-57/h8,10-16,24-25,29-30,33,36,39-40H,7,9,17-23,26-28H2,1-6H3,(H,54,62)(H,55,59)(H,56,61)/b10-8-/t29-,30+,33+,36+,39-,40-,48+/m0/s1. The highest BCUT2D eigenvalue weighted by atomic mass is 32.2. The first kappa shape index (κ1) is 49.8. The average Bonchev–Trinajstić information content (AvgIpc) is 4.19. The van der Waals surface area contributed by atoms with E-state index in [-0.39, 0.29) is 31.2 Å². The Kier molecular flexibility index (Phi) is 13.7. The Morgan fingerprint density at radius 1 is 1.00 bits per heavy atom. The summed E-state index contributed by atoms with van der Waals surface area (Å²) in [5.41, 5.74) is -2.21. The molecule has 2 aromatic carbocycles. The smallest absolute Gasteiger partial charge is 0.427 e. The minimum absolute atomic E-state index is 0.0581. The average molecular weight is 983 g/mol. The molecule has 4 amide bonds. The van der Waals surface area contributed by atoms with Crippen molar-refractivity contribution < 1.29 is 59.7 Å². The summed E-state index contributed by atoms with van der Waals surface area (Å²) >= 11 is 0. The first-order valence-corrected chi connectivity index (χ1v) is 25.0. The van der Waals surface area contributed by atoms with Gasteiger partial charge in [0, 0.05) is 42.1 Å². The van der Waals surface area contributed by atoms with E-state index in [2.05, 4.69) is 20.3 Å². The lowest BCUT2D eigenvalue weighted by Gasteiger charge is -2.34. The van der Waals surface area contributed by atoms with E-state index in [0.717, 1.165) is 29.7 Å². The number of sulfonamides is 1. The molecule has 3 aromatic rings. The lowest BCUT2D eigenvalue weighted by atomic mass is 9.88. The molecule has 2 saturated carbocycles. The summed E-state index contributed by atoms with van der Waals surface area (Å²) < 4.78 is 92.2. The van der Waals surface area contributed by atoms with E-state index in [0.29, 0.717) is 76.0 Å². The normalized spacial score (nSPS) is 28.0. The number of rotatable bonds is 10. The summed E-state index contributed by atoms with van der Waals surface area (Å²) in [6, 6.07) is 12.4. The largest absolute Gasteiger partial charge is 0.497 e. The number of halogens is 3. The number of nitrogens with zero attached hydrogens (tertiary/aromatic N) is 3. The number of hydrogen-bond acceptors (Lipinski definition) is 12. The van der Waals surface area contributed by atoms with Crippen molar-refractivity contribution in [3.05, 3.63) is 60.7 Å². The second-order valence-corrected chi connectivity index (χ2v) is 22.2. The van der Waals surface area contributed by atoms with Gasteiger partial charge in [-0.3, -0.25) is 19.1 Å². The molecule has 3 N–H and O–H groups in total. The van der Waals surface area contributed by atoms with Gasteiger partial charge in [-0.05, 0) is 113 Å². The van der Waals surface area contributed by atoms with Crippen LogP contribution in [0.2, 0.25) is 0 Å². The number of benzene rings is 2. The van der Waals surface area contributed by atoms with Gasteiger partial charge in [0.05, 0.1) is 37.3 Å². The molecule has 7 atom stereocenters. The summed E-state index contributed by atoms with van der Waals surface area (Å²) in [4.78, 5) is 65.8. The lowest BCUT2D eigenvalue weighted by molar-refractivity contribution is -0.244. The van der Waals surface area contributed by atoms with Crippen molar-refractivity contribution in [2.45, 2.75) is 120 Å². The zero-order valence-corrected chi connectivity index (χ0v) is 40.5.